The SMILES string of the molecule is O=C(COc1cc(N2CN=NN2)ncn1)Nc1ccc(Cl)c(C(F)(F)F)c1. The van der Waals surface area contributed by atoms with Crippen LogP contribution < -0.4 is 20.6 Å². The lowest BCUT2D eigenvalue weighted by molar-refractivity contribution is -0.137. The van der Waals surface area contributed by atoms with Gasteiger partial charge < -0.3 is 10.1 Å². The molecule has 0 saturated carbocycles. The Bertz CT molecular complexity index is 870. The molecule has 2 heterocycles. The van der Waals surface area contributed by atoms with Crippen LogP contribution in [0, 0.1) is 0 Å². The summed E-state index contributed by atoms with van der Waals surface area (Å²) in [6, 6.07) is 4.50. The van der Waals surface area contributed by atoms with Crippen LogP contribution in [0.3, 0.4) is 0 Å². The summed E-state index contributed by atoms with van der Waals surface area (Å²) in [4.78, 5) is 19.8. The second kappa shape index (κ2) is 7.61. The monoisotopic (exact) mass is 401 g/mol. The normalized spacial score (nSPS) is 13.4. The van der Waals surface area contributed by atoms with Crippen molar-refractivity contribution in [1.29, 1.82) is 0 Å². The number of ether oxygens (including phenoxy) is 1. The third-order valence-electron chi connectivity index (χ3n) is 3.25. The Labute approximate surface area is 155 Å². The van der Waals surface area contributed by atoms with Crippen LogP contribution in [0.15, 0.2) is 40.9 Å². The Morgan fingerprint density at radius 3 is 2.85 bits per heavy atom. The van der Waals surface area contributed by atoms with Crippen molar-refractivity contribution >= 4 is 29.0 Å². The Morgan fingerprint density at radius 1 is 1.33 bits per heavy atom. The highest BCUT2D eigenvalue weighted by molar-refractivity contribution is 6.31. The van der Waals surface area contributed by atoms with Crippen molar-refractivity contribution in [3.8, 4) is 5.88 Å². The van der Waals surface area contributed by atoms with E-state index in [0.717, 1.165) is 12.1 Å². The first kappa shape index (κ1) is 18.6. The van der Waals surface area contributed by atoms with Crippen LogP contribution in [0.4, 0.5) is 24.7 Å². The average molecular weight is 402 g/mol. The molecule has 1 aliphatic rings. The maximum Gasteiger partial charge on any atom is 0.417 e. The molecule has 0 saturated heterocycles. The van der Waals surface area contributed by atoms with Crippen molar-refractivity contribution in [3.05, 3.63) is 41.2 Å². The van der Waals surface area contributed by atoms with Gasteiger partial charge in [-0.1, -0.05) is 16.8 Å². The van der Waals surface area contributed by atoms with Gasteiger partial charge in [-0.25, -0.2) is 15.0 Å². The van der Waals surface area contributed by atoms with E-state index in [0.29, 0.717) is 5.82 Å². The minimum Gasteiger partial charge on any atom is -0.467 e. The molecule has 0 fully saturated rings. The quantitative estimate of drug-likeness (QED) is 0.798. The summed E-state index contributed by atoms with van der Waals surface area (Å²) in [6.07, 6.45) is -3.41. The summed E-state index contributed by atoms with van der Waals surface area (Å²) in [7, 11) is 0. The van der Waals surface area contributed by atoms with Gasteiger partial charge in [0, 0.05) is 11.8 Å². The Morgan fingerprint density at radius 2 is 2.15 bits per heavy atom. The molecule has 0 radical (unpaired) electrons. The molecule has 1 aromatic heterocycles. The first-order valence-corrected chi connectivity index (χ1v) is 7.72. The third-order valence-corrected chi connectivity index (χ3v) is 3.58. The van der Waals surface area contributed by atoms with Gasteiger partial charge in [-0.3, -0.25) is 4.79 Å². The summed E-state index contributed by atoms with van der Waals surface area (Å²) in [6.45, 7) is -0.225. The standard InChI is InChI=1S/C14H11ClF3N7O2/c15-10-2-1-8(3-9(10)14(16,17)18)22-12(26)5-27-13-4-11(19-6-20-13)25-7-21-23-24-25/h1-4,6H,5,7H2,(H,21,24)(H,22,26). The molecule has 0 unspecified atom stereocenters. The van der Waals surface area contributed by atoms with E-state index in [4.69, 9.17) is 16.3 Å². The highest BCUT2D eigenvalue weighted by Gasteiger charge is 2.33. The minimum atomic E-state index is -4.63. The zero-order valence-electron chi connectivity index (χ0n) is 13.4. The maximum atomic E-state index is 12.8. The van der Waals surface area contributed by atoms with Crippen molar-refractivity contribution < 1.29 is 22.7 Å². The van der Waals surface area contributed by atoms with Crippen LogP contribution in [-0.2, 0) is 11.0 Å². The van der Waals surface area contributed by atoms with E-state index in [2.05, 4.69) is 31.2 Å². The minimum absolute atomic E-state index is 0.0619. The number of anilines is 2. The van der Waals surface area contributed by atoms with Crippen LogP contribution >= 0.6 is 11.6 Å². The molecular weight excluding hydrogens is 391 g/mol. The number of nitrogens with one attached hydrogen (secondary N) is 2. The van der Waals surface area contributed by atoms with Crippen molar-refractivity contribution in [2.75, 3.05) is 23.6 Å². The molecule has 13 heteroatoms. The highest BCUT2D eigenvalue weighted by atomic mass is 35.5. The zero-order chi connectivity index (χ0) is 19.4. The van der Waals surface area contributed by atoms with Crippen LogP contribution in [0.25, 0.3) is 0 Å². The van der Waals surface area contributed by atoms with Gasteiger partial charge in [0.1, 0.15) is 6.33 Å². The van der Waals surface area contributed by atoms with Gasteiger partial charge in [0.15, 0.2) is 19.1 Å². The smallest absolute Gasteiger partial charge is 0.417 e. The fourth-order valence-corrected chi connectivity index (χ4v) is 2.27. The van der Waals surface area contributed by atoms with E-state index in [1.807, 2.05) is 0 Å². The van der Waals surface area contributed by atoms with Gasteiger partial charge in [0.25, 0.3) is 5.91 Å². The average Bonchev–Trinajstić information content (AvgIpc) is 3.16. The Balaban J connectivity index is 1.60. The Kier molecular flexibility index (Phi) is 5.26. The van der Waals surface area contributed by atoms with Gasteiger partial charge in [-0.05, 0) is 18.2 Å². The summed E-state index contributed by atoms with van der Waals surface area (Å²) < 4.78 is 43.8. The first-order valence-electron chi connectivity index (χ1n) is 7.34. The van der Waals surface area contributed by atoms with E-state index < -0.39 is 29.3 Å². The summed E-state index contributed by atoms with van der Waals surface area (Å²) in [5.74, 6) is -0.163. The van der Waals surface area contributed by atoms with E-state index in [-0.39, 0.29) is 18.2 Å². The molecule has 2 aromatic rings. The third kappa shape index (κ3) is 4.73. The number of aromatic nitrogens is 2. The highest BCUT2D eigenvalue weighted by Crippen LogP contribution is 2.36. The largest absolute Gasteiger partial charge is 0.467 e. The molecular formula is C14H11ClF3N7O2. The number of amides is 1. The number of carbonyl (C=O) groups is 1. The second-order valence-electron chi connectivity index (χ2n) is 5.15. The second-order valence-corrected chi connectivity index (χ2v) is 5.56. The van der Waals surface area contributed by atoms with Crippen molar-refractivity contribution in [2.45, 2.75) is 6.18 Å². The summed E-state index contributed by atoms with van der Waals surface area (Å²) in [5, 5.41) is 10.6. The van der Waals surface area contributed by atoms with Gasteiger partial charge in [0.05, 0.1) is 10.6 Å². The Hall–Kier alpha value is -3.15. The number of nitrogens with zero attached hydrogens (tertiary/aromatic N) is 5. The lowest BCUT2D eigenvalue weighted by Crippen LogP contribution is -2.30. The van der Waals surface area contributed by atoms with Crippen molar-refractivity contribution in [3.63, 3.8) is 0 Å². The van der Waals surface area contributed by atoms with Crippen molar-refractivity contribution in [2.24, 2.45) is 10.3 Å². The van der Waals surface area contributed by atoms with Crippen LogP contribution in [0.5, 0.6) is 5.88 Å². The number of benzene rings is 1. The van der Waals surface area contributed by atoms with Crippen LogP contribution in [0.1, 0.15) is 5.56 Å². The van der Waals surface area contributed by atoms with Gasteiger partial charge in [-0.15, -0.1) is 5.11 Å². The lowest BCUT2D eigenvalue weighted by Gasteiger charge is -2.14. The lowest BCUT2D eigenvalue weighted by atomic mass is 10.2. The van der Waals surface area contributed by atoms with Gasteiger partial charge >= 0.3 is 6.18 Å². The fraction of sp³-hybridized carbons (Fsp3) is 0.214. The van der Waals surface area contributed by atoms with E-state index in [1.165, 1.54) is 23.5 Å². The molecule has 0 spiro atoms. The number of alkyl halides is 3. The zero-order valence-corrected chi connectivity index (χ0v) is 14.1. The number of rotatable bonds is 5. The molecule has 0 atom stereocenters. The van der Waals surface area contributed by atoms with Gasteiger partial charge in [0.2, 0.25) is 5.88 Å². The van der Waals surface area contributed by atoms with Crippen molar-refractivity contribution in [1.82, 2.24) is 15.5 Å². The molecule has 27 heavy (non-hydrogen) atoms. The summed E-state index contributed by atoms with van der Waals surface area (Å²) in [5.41, 5.74) is 1.48. The molecule has 0 bridgehead atoms. The van der Waals surface area contributed by atoms with Crippen LogP contribution in [-0.4, -0.2) is 29.2 Å². The molecule has 142 valence electrons. The van der Waals surface area contributed by atoms with E-state index in [1.54, 1.807) is 0 Å². The number of hydrogen-bond donors (Lipinski definition) is 2. The molecule has 2 N–H and O–H groups in total. The molecule has 1 amide bonds. The topological polar surface area (TPSA) is 104 Å². The molecule has 9 nitrogen and oxygen atoms in total. The van der Waals surface area contributed by atoms with E-state index >= 15 is 0 Å². The molecule has 1 aliphatic heterocycles. The number of halogens is 4. The predicted octanol–water partition coefficient (Wildman–Crippen LogP) is 2.82. The number of hydrazine groups is 1. The van der Waals surface area contributed by atoms with E-state index in [9.17, 15) is 18.0 Å². The summed E-state index contributed by atoms with van der Waals surface area (Å²) >= 11 is 5.53. The number of carbonyl (C=O) groups excluding carboxylic acids is 1. The molecule has 0 aliphatic carbocycles. The number of hydrogen-bond acceptors (Lipinski definition) is 8. The fourth-order valence-electron chi connectivity index (χ4n) is 2.05. The first-order chi connectivity index (χ1) is 12.8. The molecule has 3 rings (SSSR count). The van der Waals surface area contributed by atoms with Crippen LogP contribution in [0.2, 0.25) is 5.02 Å². The maximum absolute atomic E-state index is 12.8. The van der Waals surface area contributed by atoms with Gasteiger partial charge in [-0.2, -0.15) is 18.7 Å². The predicted molar refractivity (Wildman–Crippen MR) is 87.9 cm³/mol. The molecule has 1 aromatic carbocycles.